The van der Waals surface area contributed by atoms with Gasteiger partial charge in [-0.3, -0.25) is 9.78 Å². The van der Waals surface area contributed by atoms with Gasteiger partial charge >= 0.3 is 10.1 Å². The smallest absolute Gasteiger partial charge is 0.339 e. The van der Waals surface area contributed by atoms with Crippen molar-refractivity contribution in [2.45, 2.75) is 18.2 Å². The summed E-state index contributed by atoms with van der Waals surface area (Å²) in [5, 5.41) is 3.89. The second-order valence-electron chi connectivity index (χ2n) is 6.21. The van der Waals surface area contributed by atoms with E-state index < -0.39 is 10.1 Å². The van der Waals surface area contributed by atoms with Crippen molar-refractivity contribution in [3.63, 3.8) is 0 Å². The van der Waals surface area contributed by atoms with Gasteiger partial charge in [0.2, 0.25) is 5.91 Å². The minimum absolute atomic E-state index is 0.0874. The highest BCUT2D eigenvalue weighted by atomic mass is 32.2. The van der Waals surface area contributed by atoms with E-state index >= 15 is 0 Å². The van der Waals surface area contributed by atoms with Crippen molar-refractivity contribution in [3.05, 3.63) is 89.7 Å². The number of hydrogen-bond donors (Lipinski definition) is 1. The number of nitrogens with zero attached hydrogens (tertiary/aromatic N) is 2. The number of carbonyl (C=O) groups is 1. The number of rotatable bonds is 7. The van der Waals surface area contributed by atoms with Gasteiger partial charge in [0.15, 0.2) is 0 Å². The molecule has 0 bridgehead atoms. The van der Waals surface area contributed by atoms with Gasteiger partial charge in [-0.2, -0.15) is 13.5 Å². The van der Waals surface area contributed by atoms with E-state index in [9.17, 15) is 13.2 Å². The summed E-state index contributed by atoms with van der Waals surface area (Å²) in [6, 6.07) is 18.1. The molecule has 0 unspecified atom stereocenters. The Labute approximate surface area is 169 Å². The Kier molecular flexibility index (Phi) is 6.36. The van der Waals surface area contributed by atoms with Crippen molar-refractivity contribution in [3.8, 4) is 5.75 Å². The standard InChI is InChI=1S/C21H19N3O4S/c1-16-5-11-20(12-6-16)29(26,27)28-19-9-7-17(8-10-19)15-23-24-21(25)14-18-4-2-3-13-22-18/h2-13,15H,14H2,1H3,(H,24,25)/b23-15+. The fourth-order valence-corrected chi connectivity index (χ4v) is 3.30. The van der Waals surface area contributed by atoms with E-state index in [4.69, 9.17) is 4.18 Å². The van der Waals surface area contributed by atoms with Crippen LogP contribution < -0.4 is 9.61 Å². The van der Waals surface area contributed by atoms with E-state index in [0.717, 1.165) is 5.56 Å². The molecule has 0 fully saturated rings. The average Bonchev–Trinajstić information content (AvgIpc) is 2.70. The molecule has 0 atom stereocenters. The molecule has 1 heterocycles. The molecule has 3 aromatic rings. The SMILES string of the molecule is Cc1ccc(S(=O)(=O)Oc2ccc(/C=N/NC(=O)Cc3ccccn3)cc2)cc1. The highest BCUT2D eigenvalue weighted by Gasteiger charge is 2.16. The van der Waals surface area contributed by atoms with Gasteiger partial charge in [-0.15, -0.1) is 0 Å². The number of hydrazone groups is 1. The number of benzene rings is 2. The molecule has 1 aromatic heterocycles. The van der Waals surface area contributed by atoms with Crippen LogP contribution in [0.1, 0.15) is 16.8 Å². The minimum Gasteiger partial charge on any atom is -0.379 e. The van der Waals surface area contributed by atoms with Gasteiger partial charge in [-0.25, -0.2) is 5.43 Å². The molecule has 0 aliphatic carbocycles. The Bertz CT molecular complexity index is 1090. The van der Waals surface area contributed by atoms with Gasteiger partial charge in [-0.05, 0) is 61.0 Å². The lowest BCUT2D eigenvalue weighted by atomic mass is 10.2. The zero-order valence-electron chi connectivity index (χ0n) is 15.6. The maximum absolute atomic E-state index is 12.3. The molecular weight excluding hydrogens is 390 g/mol. The van der Waals surface area contributed by atoms with Crippen molar-refractivity contribution in [2.24, 2.45) is 5.10 Å². The molecule has 29 heavy (non-hydrogen) atoms. The predicted molar refractivity (Wildman–Crippen MR) is 109 cm³/mol. The maximum atomic E-state index is 12.3. The van der Waals surface area contributed by atoms with E-state index in [1.165, 1.54) is 30.5 Å². The lowest BCUT2D eigenvalue weighted by Crippen LogP contribution is -2.20. The van der Waals surface area contributed by atoms with Crippen molar-refractivity contribution in [2.75, 3.05) is 0 Å². The minimum atomic E-state index is -3.90. The molecule has 7 nitrogen and oxygen atoms in total. The third kappa shape index (κ3) is 5.98. The van der Waals surface area contributed by atoms with Crippen LogP contribution in [-0.4, -0.2) is 25.5 Å². The Morgan fingerprint density at radius 2 is 1.79 bits per heavy atom. The van der Waals surface area contributed by atoms with Gasteiger partial charge < -0.3 is 4.18 Å². The van der Waals surface area contributed by atoms with Gasteiger partial charge in [0, 0.05) is 11.9 Å². The summed E-state index contributed by atoms with van der Waals surface area (Å²) in [6.45, 7) is 1.87. The highest BCUT2D eigenvalue weighted by Crippen LogP contribution is 2.19. The van der Waals surface area contributed by atoms with Crippen LogP contribution in [0.3, 0.4) is 0 Å². The summed E-state index contributed by atoms with van der Waals surface area (Å²) in [5.74, 6) is -0.106. The van der Waals surface area contributed by atoms with Crippen LogP contribution in [0.4, 0.5) is 0 Å². The average molecular weight is 409 g/mol. The Morgan fingerprint density at radius 1 is 1.07 bits per heavy atom. The largest absolute Gasteiger partial charge is 0.379 e. The molecule has 0 aliphatic rings. The van der Waals surface area contributed by atoms with Crippen LogP contribution in [0, 0.1) is 6.92 Å². The maximum Gasteiger partial charge on any atom is 0.339 e. The first kappa shape index (κ1) is 20.2. The van der Waals surface area contributed by atoms with Gasteiger partial charge in [0.05, 0.1) is 12.6 Å². The Balaban J connectivity index is 1.56. The summed E-state index contributed by atoms with van der Waals surface area (Å²) < 4.78 is 29.7. The first-order valence-electron chi connectivity index (χ1n) is 8.75. The van der Waals surface area contributed by atoms with Crippen LogP contribution in [0.15, 0.2) is 82.9 Å². The lowest BCUT2D eigenvalue weighted by Gasteiger charge is -2.07. The van der Waals surface area contributed by atoms with Crippen molar-refractivity contribution >= 4 is 22.2 Å². The van der Waals surface area contributed by atoms with Crippen molar-refractivity contribution in [1.82, 2.24) is 10.4 Å². The molecule has 2 aromatic carbocycles. The molecule has 1 N–H and O–H groups in total. The molecule has 0 saturated heterocycles. The third-order valence-corrected chi connectivity index (χ3v) is 5.13. The van der Waals surface area contributed by atoms with Crippen molar-refractivity contribution < 1.29 is 17.4 Å². The van der Waals surface area contributed by atoms with E-state index in [-0.39, 0.29) is 23.0 Å². The second-order valence-corrected chi connectivity index (χ2v) is 7.76. The third-order valence-electron chi connectivity index (χ3n) is 3.87. The van der Waals surface area contributed by atoms with E-state index in [0.29, 0.717) is 11.3 Å². The quantitative estimate of drug-likeness (QED) is 0.368. The van der Waals surface area contributed by atoms with Crippen LogP contribution in [0.2, 0.25) is 0 Å². The molecule has 0 radical (unpaired) electrons. The topological polar surface area (TPSA) is 97.7 Å². The number of nitrogens with one attached hydrogen (secondary N) is 1. The molecule has 3 rings (SSSR count). The van der Waals surface area contributed by atoms with Crippen LogP contribution in [0.25, 0.3) is 0 Å². The fourth-order valence-electron chi connectivity index (χ4n) is 2.37. The Morgan fingerprint density at radius 3 is 2.45 bits per heavy atom. The van der Waals surface area contributed by atoms with Gasteiger partial charge in [-0.1, -0.05) is 23.8 Å². The number of pyridine rings is 1. The van der Waals surface area contributed by atoms with Gasteiger partial charge in [0.1, 0.15) is 10.6 Å². The molecule has 0 aliphatic heterocycles. The van der Waals surface area contributed by atoms with Crippen LogP contribution in [0.5, 0.6) is 5.75 Å². The number of aromatic nitrogens is 1. The first-order chi connectivity index (χ1) is 13.9. The molecule has 148 valence electrons. The monoisotopic (exact) mass is 409 g/mol. The lowest BCUT2D eigenvalue weighted by molar-refractivity contribution is -0.120. The molecule has 0 spiro atoms. The zero-order chi connectivity index (χ0) is 20.7. The van der Waals surface area contributed by atoms with E-state index in [2.05, 4.69) is 15.5 Å². The Hall–Kier alpha value is -3.52. The highest BCUT2D eigenvalue weighted by molar-refractivity contribution is 7.87. The van der Waals surface area contributed by atoms with Crippen LogP contribution in [-0.2, 0) is 21.3 Å². The molecule has 0 saturated carbocycles. The molecule has 1 amide bonds. The van der Waals surface area contributed by atoms with E-state index in [1.54, 1.807) is 42.6 Å². The summed E-state index contributed by atoms with van der Waals surface area (Å²) in [6.07, 6.45) is 3.20. The molecular formula is C21H19N3O4S. The summed E-state index contributed by atoms with van der Waals surface area (Å²) >= 11 is 0. The number of hydrogen-bond acceptors (Lipinski definition) is 6. The normalized spacial score (nSPS) is 11.3. The predicted octanol–water partition coefficient (Wildman–Crippen LogP) is 2.85. The zero-order valence-corrected chi connectivity index (χ0v) is 16.5. The summed E-state index contributed by atoms with van der Waals surface area (Å²) in [4.78, 5) is 16.0. The number of amides is 1. The number of carbonyl (C=O) groups excluding carboxylic acids is 1. The first-order valence-corrected chi connectivity index (χ1v) is 10.2. The summed E-state index contributed by atoms with van der Waals surface area (Å²) in [7, 11) is -3.90. The van der Waals surface area contributed by atoms with Crippen molar-refractivity contribution in [1.29, 1.82) is 0 Å². The summed E-state index contributed by atoms with van der Waals surface area (Å²) in [5.41, 5.74) is 4.70. The van der Waals surface area contributed by atoms with Crippen LogP contribution >= 0.6 is 0 Å². The second kappa shape index (κ2) is 9.11. The molecule has 8 heteroatoms. The number of aryl methyl sites for hydroxylation is 1. The van der Waals surface area contributed by atoms with Gasteiger partial charge in [0.25, 0.3) is 0 Å². The van der Waals surface area contributed by atoms with E-state index in [1.807, 2.05) is 13.0 Å². The fraction of sp³-hybridized carbons (Fsp3) is 0.0952.